The van der Waals surface area contributed by atoms with E-state index in [-0.39, 0.29) is 5.82 Å². The lowest BCUT2D eigenvalue weighted by Gasteiger charge is -2.03. The molecular weight excluding hydrogens is 383 g/mol. The molecule has 1 aromatic heterocycles. The molecule has 2 aromatic rings. The largest absolute Gasteiger partial charge is 0.235 e. The molecule has 0 aliphatic rings. The summed E-state index contributed by atoms with van der Waals surface area (Å²) in [5.41, 5.74) is 0.596. The van der Waals surface area contributed by atoms with Gasteiger partial charge in [0.1, 0.15) is 5.15 Å². The highest BCUT2D eigenvalue weighted by molar-refractivity contribution is 14.1. The second-order valence-corrected chi connectivity index (χ2v) is 5.01. The summed E-state index contributed by atoms with van der Waals surface area (Å²) in [5, 5.41) is 1.24. The fourth-order valence-corrected chi connectivity index (χ4v) is 2.83. The molecule has 0 saturated carbocycles. The zero-order valence-corrected chi connectivity index (χ0v) is 11.2. The van der Waals surface area contributed by atoms with E-state index in [2.05, 4.69) is 20.9 Å². The third-order valence-electron chi connectivity index (χ3n) is 1.78. The molecule has 0 atom stereocenters. The first-order valence-corrected chi connectivity index (χ1v) is 5.94. The van der Waals surface area contributed by atoms with Crippen LogP contribution < -0.4 is 0 Å². The van der Waals surface area contributed by atoms with Crippen molar-refractivity contribution in [1.82, 2.24) is 4.98 Å². The summed E-state index contributed by atoms with van der Waals surface area (Å²) in [5.74, 6) is -0.298. The molecule has 0 N–H and O–H groups in total. The van der Waals surface area contributed by atoms with Crippen LogP contribution in [0, 0.1) is 9.39 Å². The van der Waals surface area contributed by atoms with E-state index in [1.807, 2.05) is 28.7 Å². The van der Waals surface area contributed by atoms with E-state index in [0.29, 0.717) is 18.7 Å². The predicted molar refractivity (Wildman–Crippen MR) is 67.1 cm³/mol. The number of hydrogen-bond donors (Lipinski definition) is 0. The molecule has 0 unspecified atom stereocenters. The minimum Gasteiger partial charge on any atom is -0.235 e. The number of aromatic nitrogens is 1. The number of pyridine rings is 1. The van der Waals surface area contributed by atoms with Crippen molar-refractivity contribution in [2.45, 2.75) is 0 Å². The van der Waals surface area contributed by atoms with Crippen molar-refractivity contribution < 1.29 is 4.39 Å². The van der Waals surface area contributed by atoms with Crippen LogP contribution in [0.3, 0.4) is 0 Å². The Bertz CT molecular complexity index is 518. The van der Waals surface area contributed by atoms with Gasteiger partial charge in [-0.25, -0.2) is 9.37 Å². The van der Waals surface area contributed by atoms with Crippen molar-refractivity contribution in [3.63, 3.8) is 0 Å². The predicted octanol–water partition coefficient (Wildman–Crippen LogP) is 4.39. The number of hydrogen-bond acceptors (Lipinski definition) is 1. The molecule has 0 aliphatic heterocycles. The van der Waals surface area contributed by atoms with Crippen LogP contribution in [-0.4, -0.2) is 4.98 Å². The molecular formula is C9H3BrClFIN. The third kappa shape index (κ3) is 1.75. The number of fused-ring (bicyclic) bond motifs is 1. The Labute approximate surface area is 107 Å². The average molecular weight is 386 g/mol. The van der Waals surface area contributed by atoms with Crippen LogP contribution in [0.15, 0.2) is 22.7 Å². The molecule has 72 valence electrons. The van der Waals surface area contributed by atoms with Crippen LogP contribution >= 0.6 is 50.1 Å². The van der Waals surface area contributed by atoms with Crippen LogP contribution in [0.2, 0.25) is 5.15 Å². The normalized spacial score (nSPS) is 10.9. The second-order valence-electron chi connectivity index (χ2n) is 2.69. The van der Waals surface area contributed by atoms with Gasteiger partial charge in [0.2, 0.25) is 0 Å². The Morgan fingerprint density at radius 3 is 2.86 bits per heavy atom. The average Bonchev–Trinajstić information content (AvgIpc) is 2.16. The summed E-state index contributed by atoms with van der Waals surface area (Å²) in [6, 6.07) is 5.19. The Morgan fingerprint density at radius 2 is 2.14 bits per heavy atom. The van der Waals surface area contributed by atoms with Gasteiger partial charge in [-0.2, -0.15) is 0 Å². The number of nitrogens with zero attached hydrogens (tertiary/aromatic N) is 1. The molecule has 5 heteroatoms. The van der Waals surface area contributed by atoms with Crippen molar-refractivity contribution >= 4 is 61.0 Å². The standard InChI is InChI=1S/C9H3BrClFIN/c10-5-3-4-1-2-6(11)14-9(4)8(13)7(5)12/h1-3H. The van der Waals surface area contributed by atoms with Crippen molar-refractivity contribution in [1.29, 1.82) is 0 Å². The SMILES string of the molecule is Fc1c(Br)cc2ccc(Cl)nc2c1I. The van der Waals surface area contributed by atoms with Gasteiger partial charge in [0.25, 0.3) is 0 Å². The fraction of sp³-hybridized carbons (Fsp3) is 0. The lowest BCUT2D eigenvalue weighted by molar-refractivity contribution is 0.615. The Morgan fingerprint density at radius 1 is 1.43 bits per heavy atom. The number of benzene rings is 1. The lowest BCUT2D eigenvalue weighted by Crippen LogP contribution is -1.90. The van der Waals surface area contributed by atoms with Gasteiger partial charge in [-0.15, -0.1) is 0 Å². The molecule has 1 heterocycles. The molecule has 0 spiro atoms. The summed E-state index contributed by atoms with van der Waals surface area (Å²) < 4.78 is 14.4. The molecule has 0 bridgehead atoms. The third-order valence-corrected chi connectivity index (χ3v) is 3.56. The van der Waals surface area contributed by atoms with E-state index in [9.17, 15) is 4.39 Å². The first-order valence-electron chi connectivity index (χ1n) is 3.69. The first-order chi connectivity index (χ1) is 6.59. The molecule has 0 fully saturated rings. The molecule has 1 nitrogen and oxygen atoms in total. The number of rotatable bonds is 0. The van der Waals surface area contributed by atoms with E-state index in [1.165, 1.54) is 0 Å². The van der Waals surface area contributed by atoms with E-state index >= 15 is 0 Å². The summed E-state index contributed by atoms with van der Waals surface area (Å²) in [4.78, 5) is 4.07. The number of halogens is 4. The van der Waals surface area contributed by atoms with Gasteiger partial charge in [0.05, 0.1) is 13.6 Å². The Hall–Kier alpha value is 0.0600. The maximum Gasteiger partial charge on any atom is 0.152 e. The Kier molecular flexibility index (Phi) is 2.95. The molecule has 2 rings (SSSR count). The van der Waals surface area contributed by atoms with Crippen molar-refractivity contribution in [2.75, 3.05) is 0 Å². The minimum absolute atomic E-state index is 0.298. The smallest absolute Gasteiger partial charge is 0.152 e. The summed E-state index contributed by atoms with van der Waals surface area (Å²) in [7, 11) is 0. The maximum atomic E-state index is 13.5. The molecule has 14 heavy (non-hydrogen) atoms. The van der Waals surface area contributed by atoms with Gasteiger partial charge in [0, 0.05) is 5.39 Å². The second kappa shape index (κ2) is 3.90. The molecule has 0 aliphatic carbocycles. The topological polar surface area (TPSA) is 12.9 Å². The van der Waals surface area contributed by atoms with Gasteiger partial charge in [0.15, 0.2) is 5.82 Å². The highest BCUT2D eigenvalue weighted by Crippen LogP contribution is 2.29. The molecule has 0 saturated heterocycles. The Balaban J connectivity index is 2.92. The highest BCUT2D eigenvalue weighted by Gasteiger charge is 2.10. The van der Waals surface area contributed by atoms with Gasteiger partial charge in [-0.05, 0) is 56.7 Å². The monoisotopic (exact) mass is 385 g/mol. The summed E-state index contributed by atoms with van der Waals surface area (Å²) >= 11 is 10.8. The van der Waals surface area contributed by atoms with E-state index in [0.717, 1.165) is 5.39 Å². The highest BCUT2D eigenvalue weighted by atomic mass is 127. The van der Waals surface area contributed by atoms with Crippen LogP contribution in [0.25, 0.3) is 10.9 Å². The van der Waals surface area contributed by atoms with Gasteiger partial charge in [-0.1, -0.05) is 11.6 Å². The van der Waals surface area contributed by atoms with Crippen molar-refractivity contribution in [2.24, 2.45) is 0 Å². The first kappa shape index (κ1) is 10.6. The summed E-state index contributed by atoms with van der Waals surface area (Å²) in [6.45, 7) is 0. The molecule has 1 aromatic carbocycles. The maximum absolute atomic E-state index is 13.5. The van der Waals surface area contributed by atoms with Crippen LogP contribution in [0.5, 0.6) is 0 Å². The van der Waals surface area contributed by atoms with Crippen molar-refractivity contribution in [3.05, 3.63) is 37.2 Å². The van der Waals surface area contributed by atoms with E-state index in [1.54, 1.807) is 12.1 Å². The zero-order valence-electron chi connectivity index (χ0n) is 6.69. The van der Waals surface area contributed by atoms with Gasteiger partial charge in [-0.3, -0.25) is 0 Å². The van der Waals surface area contributed by atoms with E-state index in [4.69, 9.17) is 11.6 Å². The molecule has 0 radical (unpaired) electrons. The van der Waals surface area contributed by atoms with Gasteiger partial charge >= 0.3 is 0 Å². The van der Waals surface area contributed by atoms with Crippen LogP contribution in [0.4, 0.5) is 4.39 Å². The zero-order chi connectivity index (χ0) is 10.3. The minimum atomic E-state index is -0.298. The van der Waals surface area contributed by atoms with E-state index < -0.39 is 0 Å². The fourth-order valence-electron chi connectivity index (χ4n) is 1.15. The quantitative estimate of drug-likeness (QED) is 0.372. The molecule has 0 amide bonds. The van der Waals surface area contributed by atoms with Crippen molar-refractivity contribution in [3.8, 4) is 0 Å². The van der Waals surface area contributed by atoms with Crippen LogP contribution in [-0.2, 0) is 0 Å². The lowest BCUT2D eigenvalue weighted by atomic mass is 10.2. The van der Waals surface area contributed by atoms with Gasteiger partial charge < -0.3 is 0 Å². The summed E-state index contributed by atoms with van der Waals surface area (Å²) in [6.07, 6.45) is 0. The van der Waals surface area contributed by atoms with Crippen LogP contribution in [0.1, 0.15) is 0 Å².